The molecule has 0 atom stereocenters. The van der Waals surface area contributed by atoms with E-state index in [1.54, 1.807) is 0 Å². The fourth-order valence-corrected chi connectivity index (χ4v) is 2.59. The summed E-state index contributed by atoms with van der Waals surface area (Å²) in [6, 6.07) is 0. The molecule has 3 nitrogen and oxygen atoms in total. The average molecular weight is 372 g/mol. The van der Waals surface area contributed by atoms with E-state index < -0.39 is 31.6 Å². The minimum absolute atomic E-state index is 0.0757. The van der Waals surface area contributed by atoms with Crippen molar-refractivity contribution in [2.45, 2.75) is 15.8 Å². The van der Waals surface area contributed by atoms with Crippen LogP contribution in [0.25, 0.3) is 0 Å². The summed E-state index contributed by atoms with van der Waals surface area (Å²) in [5.41, 5.74) is 0. The maximum atomic E-state index is 12.0. The second-order valence-electron chi connectivity index (χ2n) is 2.52. The third-order valence-corrected chi connectivity index (χ3v) is 4.20. The van der Waals surface area contributed by atoms with E-state index in [0.29, 0.717) is 0 Å². The van der Waals surface area contributed by atoms with Gasteiger partial charge in [-0.3, -0.25) is 4.55 Å². The van der Waals surface area contributed by atoms with Gasteiger partial charge in [-0.15, -0.1) is 0 Å². The minimum Gasteiger partial charge on any atom is -0.285 e. The highest BCUT2D eigenvalue weighted by atomic mass is 127. The highest BCUT2D eigenvalue weighted by Gasteiger charge is 2.71. The molecular formula is C4H3F6IO3S. The molecular weight excluding hydrogens is 369 g/mol. The molecule has 11 heteroatoms. The van der Waals surface area contributed by atoms with Crippen LogP contribution < -0.4 is 0 Å². The van der Waals surface area contributed by atoms with Crippen molar-refractivity contribution < 1.29 is 39.3 Å². The van der Waals surface area contributed by atoms with Crippen LogP contribution in [-0.4, -0.2) is 34.5 Å². The molecule has 0 aliphatic carbocycles. The summed E-state index contributed by atoms with van der Waals surface area (Å²) in [7, 11) is -5.40. The normalized spacial score (nSPS) is 15.5. The minimum atomic E-state index is -5.83. The topological polar surface area (TPSA) is 54.4 Å². The van der Waals surface area contributed by atoms with Gasteiger partial charge in [0.1, 0.15) is 5.75 Å². The van der Waals surface area contributed by atoms with Crippen LogP contribution >= 0.6 is 22.6 Å². The van der Waals surface area contributed by atoms with Crippen LogP contribution in [0, 0.1) is 0 Å². The lowest BCUT2D eigenvalue weighted by Crippen LogP contribution is -2.55. The van der Waals surface area contributed by atoms with Gasteiger partial charge < -0.3 is 0 Å². The van der Waals surface area contributed by atoms with Crippen LogP contribution in [0.4, 0.5) is 26.3 Å². The third-order valence-electron chi connectivity index (χ3n) is 1.28. The molecule has 0 bridgehead atoms. The van der Waals surface area contributed by atoms with Crippen molar-refractivity contribution in [3.05, 3.63) is 0 Å². The monoisotopic (exact) mass is 372 g/mol. The predicted octanol–water partition coefficient (Wildman–Crippen LogP) is 2.17. The summed E-state index contributed by atoms with van der Waals surface area (Å²) >= 11 is -0.0757. The zero-order chi connectivity index (χ0) is 12.7. The van der Waals surface area contributed by atoms with Crippen LogP contribution in [0.15, 0.2) is 0 Å². The molecule has 92 valence electrons. The van der Waals surface area contributed by atoms with Gasteiger partial charge in [-0.05, 0) is 0 Å². The second kappa shape index (κ2) is 3.91. The smallest absolute Gasteiger partial charge is 0.285 e. The molecule has 0 saturated heterocycles. The Labute approximate surface area is 93.7 Å². The summed E-state index contributed by atoms with van der Waals surface area (Å²) in [4.78, 5) is 0. The summed E-state index contributed by atoms with van der Waals surface area (Å²) in [5, 5.41) is 0. The fourth-order valence-electron chi connectivity index (χ4n) is 0.576. The van der Waals surface area contributed by atoms with E-state index in [9.17, 15) is 34.8 Å². The van der Waals surface area contributed by atoms with Crippen LogP contribution in [0.3, 0.4) is 0 Å². The molecule has 0 saturated carbocycles. The van der Waals surface area contributed by atoms with E-state index in [1.807, 2.05) is 0 Å². The maximum absolute atomic E-state index is 12.0. The van der Waals surface area contributed by atoms with E-state index in [1.165, 1.54) is 0 Å². The molecule has 1 N–H and O–H groups in total. The standard InChI is InChI=1S/C4H3F6IO3S/c5-3(6,7)2(11,4(8,9)10)1-15(12,13)14/h1H2,(H,12,13,14). The molecule has 0 amide bonds. The molecule has 0 aromatic heterocycles. The molecule has 0 unspecified atom stereocenters. The van der Waals surface area contributed by atoms with Crippen molar-refractivity contribution in [2.75, 3.05) is 5.75 Å². The van der Waals surface area contributed by atoms with Crippen molar-refractivity contribution in [3.8, 4) is 0 Å². The molecule has 0 aliphatic heterocycles. The van der Waals surface area contributed by atoms with E-state index in [4.69, 9.17) is 4.55 Å². The highest BCUT2D eigenvalue weighted by Crippen LogP contribution is 2.50. The molecule has 0 aromatic carbocycles. The first-order valence-electron chi connectivity index (χ1n) is 2.98. The molecule has 0 rings (SSSR count). The second-order valence-corrected chi connectivity index (χ2v) is 5.82. The van der Waals surface area contributed by atoms with Gasteiger partial charge in [0, 0.05) is 0 Å². The molecule has 15 heavy (non-hydrogen) atoms. The van der Waals surface area contributed by atoms with Crippen molar-refractivity contribution in [3.63, 3.8) is 0 Å². The van der Waals surface area contributed by atoms with Crippen molar-refractivity contribution in [2.24, 2.45) is 0 Å². The molecule has 0 spiro atoms. The van der Waals surface area contributed by atoms with E-state index in [0.717, 1.165) is 0 Å². The Hall–Kier alpha value is 0.220. The Morgan fingerprint density at radius 3 is 1.33 bits per heavy atom. The Morgan fingerprint density at radius 2 is 1.27 bits per heavy atom. The van der Waals surface area contributed by atoms with Crippen molar-refractivity contribution in [1.82, 2.24) is 0 Å². The number of halogens is 7. The SMILES string of the molecule is O=S(=O)(O)CC(I)(C(F)(F)F)C(F)(F)F. The molecule has 0 aliphatic rings. The van der Waals surface area contributed by atoms with Gasteiger partial charge in [0.05, 0.1) is 0 Å². The van der Waals surface area contributed by atoms with Gasteiger partial charge in [0.15, 0.2) is 0 Å². The fraction of sp³-hybridized carbons (Fsp3) is 1.00. The number of hydrogen-bond donors (Lipinski definition) is 1. The van der Waals surface area contributed by atoms with Gasteiger partial charge in [-0.25, -0.2) is 0 Å². The van der Waals surface area contributed by atoms with Gasteiger partial charge in [0.25, 0.3) is 10.1 Å². The van der Waals surface area contributed by atoms with Gasteiger partial charge in [-0.2, -0.15) is 34.8 Å². The van der Waals surface area contributed by atoms with E-state index in [-0.39, 0.29) is 22.6 Å². The van der Waals surface area contributed by atoms with E-state index in [2.05, 4.69) is 0 Å². The Bertz CT molecular complexity index is 315. The summed E-state index contributed by atoms with van der Waals surface area (Å²) < 4.78 is 95.9. The van der Waals surface area contributed by atoms with E-state index >= 15 is 0 Å². The van der Waals surface area contributed by atoms with Crippen LogP contribution in [-0.2, 0) is 10.1 Å². The van der Waals surface area contributed by atoms with Gasteiger partial charge in [-0.1, -0.05) is 22.6 Å². The quantitative estimate of drug-likeness (QED) is 0.350. The predicted molar refractivity (Wildman–Crippen MR) is 45.3 cm³/mol. The largest absolute Gasteiger partial charge is 0.413 e. The van der Waals surface area contributed by atoms with Gasteiger partial charge in [0.2, 0.25) is 3.42 Å². The maximum Gasteiger partial charge on any atom is 0.413 e. The Kier molecular flexibility index (Phi) is 3.96. The first-order chi connectivity index (χ1) is 6.21. The first kappa shape index (κ1) is 15.2. The molecule has 0 fully saturated rings. The van der Waals surface area contributed by atoms with Crippen LogP contribution in [0.5, 0.6) is 0 Å². The van der Waals surface area contributed by atoms with Crippen LogP contribution in [0.1, 0.15) is 0 Å². The van der Waals surface area contributed by atoms with Crippen LogP contribution in [0.2, 0.25) is 0 Å². The number of alkyl halides is 7. The molecule has 0 radical (unpaired) electrons. The summed E-state index contributed by atoms with van der Waals surface area (Å²) in [5.74, 6) is -2.46. The lowest BCUT2D eigenvalue weighted by atomic mass is 10.1. The highest BCUT2D eigenvalue weighted by molar-refractivity contribution is 14.1. The van der Waals surface area contributed by atoms with Crippen molar-refractivity contribution in [1.29, 1.82) is 0 Å². The Balaban J connectivity index is 5.45. The zero-order valence-corrected chi connectivity index (χ0v) is 9.50. The summed E-state index contributed by atoms with van der Waals surface area (Å²) in [6.07, 6.45) is -11.7. The van der Waals surface area contributed by atoms with Gasteiger partial charge >= 0.3 is 12.4 Å². The number of rotatable bonds is 2. The Morgan fingerprint density at radius 1 is 1.00 bits per heavy atom. The lowest BCUT2D eigenvalue weighted by molar-refractivity contribution is -0.251. The third kappa shape index (κ3) is 3.62. The molecule has 0 heterocycles. The number of hydrogen-bond acceptors (Lipinski definition) is 2. The average Bonchev–Trinajstić information content (AvgIpc) is 1.77. The lowest BCUT2D eigenvalue weighted by Gasteiger charge is -2.30. The first-order valence-corrected chi connectivity index (χ1v) is 5.67. The zero-order valence-electron chi connectivity index (χ0n) is 6.52. The van der Waals surface area contributed by atoms with Crippen molar-refractivity contribution >= 4 is 32.7 Å². The summed E-state index contributed by atoms with van der Waals surface area (Å²) in [6.45, 7) is 0. The molecule has 0 aromatic rings.